The predicted octanol–water partition coefficient (Wildman–Crippen LogP) is 3.13. The largest absolute Gasteiger partial charge is 0.493 e. The number of benzene rings is 1. The van der Waals surface area contributed by atoms with Crippen LogP contribution in [0.1, 0.15) is 39.2 Å². The van der Waals surface area contributed by atoms with E-state index in [2.05, 4.69) is 0 Å². The maximum atomic E-state index is 12.3. The van der Waals surface area contributed by atoms with Crippen molar-refractivity contribution in [3.05, 3.63) is 23.8 Å². The summed E-state index contributed by atoms with van der Waals surface area (Å²) in [5.74, 6) is -0.831. The Morgan fingerprint density at radius 1 is 1.23 bits per heavy atom. The first-order valence-corrected chi connectivity index (χ1v) is 8.67. The Labute approximate surface area is 153 Å². The average molecular weight is 365 g/mol. The average Bonchev–Trinajstić information content (AvgIpc) is 2.99. The van der Waals surface area contributed by atoms with Gasteiger partial charge in [0.05, 0.1) is 19.6 Å². The number of carboxylic acid groups (broad SMARTS) is 1. The highest BCUT2D eigenvalue weighted by atomic mass is 16.6. The van der Waals surface area contributed by atoms with Crippen LogP contribution in [0, 0.1) is 5.92 Å². The van der Waals surface area contributed by atoms with Crippen LogP contribution in [0.5, 0.6) is 11.5 Å². The molecule has 1 aliphatic rings. The summed E-state index contributed by atoms with van der Waals surface area (Å²) in [6.45, 7) is 8.08. The number of nitrogens with zero attached hydrogens (tertiary/aromatic N) is 1. The van der Waals surface area contributed by atoms with Crippen molar-refractivity contribution in [1.82, 2.24) is 4.90 Å². The molecule has 1 aromatic carbocycles. The van der Waals surface area contributed by atoms with Crippen molar-refractivity contribution in [2.24, 2.45) is 5.92 Å². The highest BCUT2D eigenvalue weighted by Gasteiger charge is 2.42. The van der Waals surface area contributed by atoms with Crippen molar-refractivity contribution >= 4 is 12.1 Å². The summed E-state index contributed by atoms with van der Waals surface area (Å²) < 4.78 is 16.2. The predicted molar refractivity (Wildman–Crippen MR) is 95.8 cm³/mol. The molecule has 144 valence electrons. The van der Waals surface area contributed by atoms with Crippen molar-refractivity contribution in [2.75, 3.05) is 26.8 Å². The standard InChI is InChI=1S/C19H27NO6/c1-6-25-16-9-12(7-8-15(16)24-5)13-10-20(11-14(13)17(21)22)18(23)26-19(2,3)4/h7-9,13-14H,6,10-11H2,1-5H3,(H,21,22)/t13-,14+/m0/s1. The summed E-state index contributed by atoms with van der Waals surface area (Å²) in [4.78, 5) is 25.5. The molecular formula is C19H27NO6. The molecule has 0 aliphatic carbocycles. The van der Waals surface area contributed by atoms with Crippen molar-refractivity contribution in [3.8, 4) is 11.5 Å². The fraction of sp³-hybridized carbons (Fsp3) is 0.579. The lowest BCUT2D eigenvalue weighted by atomic mass is 9.89. The van der Waals surface area contributed by atoms with E-state index in [0.717, 1.165) is 5.56 Å². The van der Waals surface area contributed by atoms with Gasteiger partial charge in [-0.15, -0.1) is 0 Å². The second-order valence-electron chi connectivity index (χ2n) is 7.28. The van der Waals surface area contributed by atoms with Gasteiger partial charge in [-0.1, -0.05) is 6.07 Å². The minimum Gasteiger partial charge on any atom is -0.493 e. The monoisotopic (exact) mass is 365 g/mol. The van der Waals surface area contributed by atoms with Crippen LogP contribution < -0.4 is 9.47 Å². The highest BCUT2D eigenvalue weighted by molar-refractivity contribution is 5.76. The molecule has 1 N–H and O–H groups in total. The van der Waals surface area contributed by atoms with Gasteiger partial charge in [0.2, 0.25) is 0 Å². The molecule has 7 heteroatoms. The molecule has 0 spiro atoms. The van der Waals surface area contributed by atoms with Crippen LogP contribution in [-0.2, 0) is 9.53 Å². The number of carbonyl (C=O) groups excluding carboxylic acids is 1. The van der Waals surface area contributed by atoms with E-state index in [0.29, 0.717) is 18.1 Å². The zero-order chi connectivity index (χ0) is 19.5. The first kappa shape index (κ1) is 19.9. The summed E-state index contributed by atoms with van der Waals surface area (Å²) in [5, 5.41) is 9.62. The van der Waals surface area contributed by atoms with E-state index >= 15 is 0 Å². The van der Waals surface area contributed by atoms with Crippen LogP contribution in [0.2, 0.25) is 0 Å². The van der Waals surface area contributed by atoms with Gasteiger partial charge >= 0.3 is 12.1 Å². The summed E-state index contributed by atoms with van der Waals surface area (Å²) in [6, 6.07) is 5.37. The van der Waals surface area contributed by atoms with E-state index in [1.54, 1.807) is 40.0 Å². The summed E-state index contributed by atoms with van der Waals surface area (Å²) >= 11 is 0. The third-order valence-electron chi connectivity index (χ3n) is 4.20. The number of hydrogen-bond acceptors (Lipinski definition) is 5. The number of rotatable bonds is 5. The highest BCUT2D eigenvalue weighted by Crippen LogP contribution is 2.38. The molecule has 0 unspecified atom stereocenters. The lowest BCUT2D eigenvalue weighted by molar-refractivity contribution is -0.141. The van der Waals surface area contributed by atoms with Crippen molar-refractivity contribution < 1.29 is 28.9 Å². The number of hydrogen-bond donors (Lipinski definition) is 1. The van der Waals surface area contributed by atoms with Crippen molar-refractivity contribution in [2.45, 2.75) is 39.2 Å². The number of amides is 1. The van der Waals surface area contributed by atoms with E-state index in [-0.39, 0.29) is 19.0 Å². The zero-order valence-electron chi connectivity index (χ0n) is 15.9. The lowest BCUT2D eigenvalue weighted by Crippen LogP contribution is -2.35. The topological polar surface area (TPSA) is 85.3 Å². The molecule has 0 bridgehead atoms. The third kappa shape index (κ3) is 4.59. The van der Waals surface area contributed by atoms with Crippen LogP contribution >= 0.6 is 0 Å². The number of likely N-dealkylation sites (tertiary alicyclic amines) is 1. The molecule has 26 heavy (non-hydrogen) atoms. The second kappa shape index (κ2) is 7.85. The van der Waals surface area contributed by atoms with Gasteiger partial charge in [0, 0.05) is 19.0 Å². The number of aliphatic carboxylic acids is 1. The molecule has 0 aromatic heterocycles. The lowest BCUT2D eigenvalue weighted by Gasteiger charge is -2.24. The maximum absolute atomic E-state index is 12.3. The van der Waals surface area contributed by atoms with Gasteiger partial charge in [0.15, 0.2) is 11.5 Å². The van der Waals surface area contributed by atoms with Crippen LogP contribution in [-0.4, -0.2) is 54.5 Å². The van der Waals surface area contributed by atoms with E-state index in [4.69, 9.17) is 14.2 Å². The molecule has 1 heterocycles. The first-order valence-electron chi connectivity index (χ1n) is 8.67. The number of ether oxygens (including phenoxy) is 3. The first-order chi connectivity index (χ1) is 12.2. The van der Waals surface area contributed by atoms with Crippen LogP contribution in [0.3, 0.4) is 0 Å². The molecule has 1 saturated heterocycles. The number of carbonyl (C=O) groups is 2. The Hall–Kier alpha value is -2.44. The number of methoxy groups -OCH3 is 1. The van der Waals surface area contributed by atoms with Gasteiger partial charge in [-0.25, -0.2) is 4.79 Å². The molecule has 2 atom stereocenters. The second-order valence-corrected chi connectivity index (χ2v) is 7.28. The fourth-order valence-corrected chi connectivity index (χ4v) is 3.06. The normalized spacial score (nSPS) is 20.0. The molecule has 0 radical (unpaired) electrons. The quantitative estimate of drug-likeness (QED) is 0.863. The number of carboxylic acids is 1. The maximum Gasteiger partial charge on any atom is 0.410 e. The Morgan fingerprint density at radius 2 is 1.92 bits per heavy atom. The summed E-state index contributed by atoms with van der Waals surface area (Å²) in [5.41, 5.74) is 0.170. The summed E-state index contributed by atoms with van der Waals surface area (Å²) in [6.07, 6.45) is -0.496. The zero-order valence-corrected chi connectivity index (χ0v) is 15.9. The molecule has 0 saturated carbocycles. The summed E-state index contributed by atoms with van der Waals surface area (Å²) in [7, 11) is 1.55. The SMILES string of the molecule is CCOc1cc([C@@H]2CN(C(=O)OC(C)(C)C)C[C@H]2C(=O)O)ccc1OC. The fourth-order valence-electron chi connectivity index (χ4n) is 3.06. The van der Waals surface area contributed by atoms with Crippen LogP contribution in [0.15, 0.2) is 18.2 Å². The van der Waals surface area contributed by atoms with Gasteiger partial charge in [-0.3, -0.25) is 4.79 Å². The van der Waals surface area contributed by atoms with Crippen molar-refractivity contribution in [3.63, 3.8) is 0 Å². The van der Waals surface area contributed by atoms with E-state index in [1.165, 1.54) is 4.90 Å². The van der Waals surface area contributed by atoms with Gasteiger partial charge in [0.1, 0.15) is 5.60 Å². The van der Waals surface area contributed by atoms with Crippen LogP contribution in [0.25, 0.3) is 0 Å². The molecule has 2 rings (SSSR count). The molecule has 1 amide bonds. The van der Waals surface area contributed by atoms with Gasteiger partial charge in [-0.05, 0) is 45.4 Å². The van der Waals surface area contributed by atoms with Gasteiger partial charge in [-0.2, -0.15) is 0 Å². The van der Waals surface area contributed by atoms with Gasteiger partial charge in [0.25, 0.3) is 0 Å². The Bertz CT molecular complexity index is 666. The van der Waals surface area contributed by atoms with E-state index in [1.807, 2.05) is 13.0 Å². The Kier molecular flexibility index (Phi) is 6.00. The molecule has 1 aliphatic heterocycles. The molecular weight excluding hydrogens is 338 g/mol. The minimum atomic E-state index is -0.935. The smallest absolute Gasteiger partial charge is 0.410 e. The Morgan fingerprint density at radius 3 is 2.46 bits per heavy atom. The minimum absolute atomic E-state index is 0.116. The van der Waals surface area contributed by atoms with E-state index in [9.17, 15) is 14.7 Å². The van der Waals surface area contributed by atoms with Crippen LogP contribution in [0.4, 0.5) is 4.79 Å². The third-order valence-corrected chi connectivity index (χ3v) is 4.20. The molecule has 1 aromatic rings. The van der Waals surface area contributed by atoms with Gasteiger partial charge < -0.3 is 24.2 Å². The van der Waals surface area contributed by atoms with E-state index < -0.39 is 23.6 Å². The Balaban J connectivity index is 2.27. The molecule has 7 nitrogen and oxygen atoms in total. The molecule has 1 fully saturated rings. The van der Waals surface area contributed by atoms with Crippen molar-refractivity contribution in [1.29, 1.82) is 0 Å².